The highest BCUT2D eigenvalue weighted by atomic mass is 79.9. The van der Waals surface area contributed by atoms with Gasteiger partial charge in [0, 0.05) is 32.7 Å². The zero-order valence-electron chi connectivity index (χ0n) is 11.4. The molecule has 4 nitrogen and oxygen atoms in total. The number of amides is 1. The van der Waals surface area contributed by atoms with Crippen LogP contribution in [0.2, 0.25) is 0 Å². The van der Waals surface area contributed by atoms with Crippen LogP contribution in [0.15, 0.2) is 22.7 Å². The predicted molar refractivity (Wildman–Crippen MR) is 78.0 cm³/mol. The average molecular weight is 345 g/mol. The number of benzene rings is 1. The van der Waals surface area contributed by atoms with Crippen molar-refractivity contribution in [3.05, 3.63) is 34.1 Å². The van der Waals surface area contributed by atoms with E-state index in [2.05, 4.69) is 20.8 Å². The van der Waals surface area contributed by atoms with Gasteiger partial charge < -0.3 is 9.64 Å². The Kier molecular flexibility index (Phi) is 5.37. The molecule has 2 rings (SSSR count). The molecule has 1 amide bonds. The summed E-state index contributed by atoms with van der Waals surface area (Å²) in [6.07, 6.45) is -0.251. The molecule has 0 unspecified atom stereocenters. The van der Waals surface area contributed by atoms with Crippen molar-refractivity contribution < 1.29 is 13.9 Å². The molecule has 1 aliphatic heterocycles. The van der Waals surface area contributed by atoms with Gasteiger partial charge >= 0.3 is 6.09 Å². The Bertz CT molecular complexity index is 476. The summed E-state index contributed by atoms with van der Waals surface area (Å²) >= 11 is 3.28. The number of nitrogens with zero attached hydrogens (tertiary/aromatic N) is 2. The van der Waals surface area contributed by atoms with Crippen LogP contribution >= 0.6 is 15.9 Å². The van der Waals surface area contributed by atoms with Crippen LogP contribution in [-0.4, -0.2) is 48.7 Å². The standard InChI is InChI=1S/C14H18BrFN2O2/c1-2-20-14(19)18-8-6-17(7-9-18)10-11-4-3-5-12(16)13(11)15/h3-5H,2,6-10H2,1H3. The third kappa shape index (κ3) is 3.70. The quantitative estimate of drug-likeness (QED) is 0.845. The molecule has 0 radical (unpaired) electrons. The minimum Gasteiger partial charge on any atom is -0.450 e. The van der Waals surface area contributed by atoms with E-state index < -0.39 is 0 Å². The maximum atomic E-state index is 13.5. The first kappa shape index (κ1) is 15.3. The van der Waals surface area contributed by atoms with Gasteiger partial charge in [-0.15, -0.1) is 0 Å². The number of piperazine rings is 1. The molecule has 110 valence electrons. The van der Waals surface area contributed by atoms with Gasteiger partial charge in [-0.2, -0.15) is 0 Å². The lowest BCUT2D eigenvalue weighted by molar-refractivity contribution is 0.0778. The van der Waals surface area contributed by atoms with Crippen LogP contribution in [0.3, 0.4) is 0 Å². The first-order valence-electron chi connectivity index (χ1n) is 6.68. The van der Waals surface area contributed by atoms with E-state index in [4.69, 9.17) is 4.74 Å². The average Bonchev–Trinajstić information content (AvgIpc) is 2.45. The van der Waals surface area contributed by atoms with Gasteiger partial charge in [-0.3, -0.25) is 4.90 Å². The number of hydrogen-bond donors (Lipinski definition) is 0. The SMILES string of the molecule is CCOC(=O)N1CCN(Cc2cccc(F)c2Br)CC1. The van der Waals surface area contributed by atoms with E-state index in [1.54, 1.807) is 17.9 Å². The van der Waals surface area contributed by atoms with Gasteiger partial charge in [0.2, 0.25) is 0 Å². The van der Waals surface area contributed by atoms with Gasteiger partial charge in [-0.25, -0.2) is 9.18 Å². The largest absolute Gasteiger partial charge is 0.450 e. The molecular weight excluding hydrogens is 327 g/mol. The Hall–Kier alpha value is -1.14. The predicted octanol–water partition coefficient (Wildman–Crippen LogP) is 2.86. The summed E-state index contributed by atoms with van der Waals surface area (Å²) in [5.74, 6) is -0.243. The Labute approximate surface area is 126 Å². The van der Waals surface area contributed by atoms with Crippen molar-refractivity contribution in [2.24, 2.45) is 0 Å². The number of carbonyl (C=O) groups is 1. The van der Waals surface area contributed by atoms with Crippen molar-refractivity contribution in [1.29, 1.82) is 0 Å². The zero-order valence-corrected chi connectivity index (χ0v) is 13.0. The van der Waals surface area contributed by atoms with E-state index >= 15 is 0 Å². The molecule has 1 aromatic rings. The summed E-state index contributed by atoms with van der Waals surface area (Å²) < 4.78 is 19.0. The summed E-state index contributed by atoms with van der Waals surface area (Å²) in [4.78, 5) is 15.5. The van der Waals surface area contributed by atoms with Crippen LogP contribution in [0.1, 0.15) is 12.5 Å². The first-order valence-corrected chi connectivity index (χ1v) is 7.48. The number of rotatable bonds is 3. The lowest BCUT2D eigenvalue weighted by Crippen LogP contribution is -2.48. The maximum Gasteiger partial charge on any atom is 0.409 e. The van der Waals surface area contributed by atoms with Gasteiger partial charge in [0.25, 0.3) is 0 Å². The van der Waals surface area contributed by atoms with E-state index in [1.165, 1.54) is 6.07 Å². The summed E-state index contributed by atoms with van der Waals surface area (Å²) in [5, 5.41) is 0. The summed E-state index contributed by atoms with van der Waals surface area (Å²) in [7, 11) is 0. The van der Waals surface area contributed by atoms with Crippen molar-refractivity contribution in [3.63, 3.8) is 0 Å². The molecule has 0 aromatic heterocycles. The highest BCUT2D eigenvalue weighted by molar-refractivity contribution is 9.10. The van der Waals surface area contributed by atoms with Crippen molar-refractivity contribution in [2.75, 3.05) is 32.8 Å². The van der Waals surface area contributed by atoms with E-state index in [0.29, 0.717) is 30.7 Å². The molecule has 0 N–H and O–H groups in total. The lowest BCUT2D eigenvalue weighted by atomic mass is 10.2. The second kappa shape index (κ2) is 7.04. The number of hydrogen-bond acceptors (Lipinski definition) is 3. The molecule has 1 fully saturated rings. The molecule has 0 bridgehead atoms. The Morgan fingerprint density at radius 2 is 2.05 bits per heavy atom. The van der Waals surface area contributed by atoms with Gasteiger partial charge in [-0.1, -0.05) is 12.1 Å². The molecule has 0 spiro atoms. The van der Waals surface area contributed by atoms with Gasteiger partial charge in [0.05, 0.1) is 11.1 Å². The van der Waals surface area contributed by atoms with Crippen molar-refractivity contribution in [1.82, 2.24) is 9.80 Å². The summed E-state index contributed by atoms with van der Waals surface area (Å²) in [6.45, 7) is 5.70. The van der Waals surface area contributed by atoms with Crippen molar-refractivity contribution >= 4 is 22.0 Å². The Morgan fingerprint density at radius 1 is 1.35 bits per heavy atom. The van der Waals surface area contributed by atoms with Crippen LogP contribution in [0.25, 0.3) is 0 Å². The van der Waals surface area contributed by atoms with E-state index in [0.717, 1.165) is 18.7 Å². The fraction of sp³-hybridized carbons (Fsp3) is 0.500. The second-order valence-corrected chi connectivity index (χ2v) is 5.47. The zero-order chi connectivity index (χ0) is 14.5. The molecule has 0 saturated carbocycles. The van der Waals surface area contributed by atoms with E-state index in [1.807, 2.05) is 6.07 Å². The minimum absolute atomic E-state index is 0.243. The molecular formula is C14H18BrFN2O2. The van der Waals surface area contributed by atoms with Crippen LogP contribution in [-0.2, 0) is 11.3 Å². The van der Waals surface area contributed by atoms with Gasteiger partial charge in [0.1, 0.15) is 5.82 Å². The number of halogens is 2. The molecule has 1 saturated heterocycles. The first-order chi connectivity index (χ1) is 9.61. The molecule has 20 heavy (non-hydrogen) atoms. The fourth-order valence-corrected chi connectivity index (χ4v) is 2.60. The highest BCUT2D eigenvalue weighted by Crippen LogP contribution is 2.22. The smallest absolute Gasteiger partial charge is 0.409 e. The van der Waals surface area contributed by atoms with Crippen LogP contribution in [0, 0.1) is 5.82 Å². The minimum atomic E-state index is -0.251. The monoisotopic (exact) mass is 344 g/mol. The fourth-order valence-electron chi connectivity index (χ4n) is 2.21. The van der Waals surface area contributed by atoms with E-state index in [-0.39, 0.29) is 11.9 Å². The van der Waals surface area contributed by atoms with Crippen LogP contribution in [0.5, 0.6) is 0 Å². The van der Waals surface area contributed by atoms with Gasteiger partial charge in [0.15, 0.2) is 0 Å². The van der Waals surface area contributed by atoms with Crippen molar-refractivity contribution in [2.45, 2.75) is 13.5 Å². The van der Waals surface area contributed by atoms with Gasteiger partial charge in [-0.05, 0) is 34.5 Å². The molecule has 0 atom stereocenters. The molecule has 6 heteroatoms. The normalized spacial score (nSPS) is 16.2. The van der Waals surface area contributed by atoms with Crippen LogP contribution < -0.4 is 0 Å². The van der Waals surface area contributed by atoms with Crippen molar-refractivity contribution in [3.8, 4) is 0 Å². The summed E-state index contributed by atoms with van der Waals surface area (Å²) in [5.41, 5.74) is 0.926. The van der Waals surface area contributed by atoms with E-state index in [9.17, 15) is 9.18 Å². The maximum absolute atomic E-state index is 13.5. The third-order valence-corrected chi connectivity index (χ3v) is 4.21. The molecule has 1 aromatic carbocycles. The highest BCUT2D eigenvalue weighted by Gasteiger charge is 2.22. The topological polar surface area (TPSA) is 32.8 Å². The molecule has 0 aliphatic carbocycles. The van der Waals surface area contributed by atoms with Crippen LogP contribution in [0.4, 0.5) is 9.18 Å². The number of carbonyl (C=O) groups excluding carboxylic acids is 1. The Morgan fingerprint density at radius 3 is 2.70 bits per heavy atom. The Balaban J connectivity index is 1.88. The summed E-state index contributed by atoms with van der Waals surface area (Å²) in [6, 6.07) is 5.06. The lowest BCUT2D eigenvalue weighted by Gasteiger charge is -2.34. The molecule has 1 aliphatic rings. The molecule has 1 heterocycles. The number of ether oxygens (including phenoxy) is 1. The second-order valence-electron chi connectivity index (χ2n) is 4.68. The third-order valence-electron chi connectivity index (χ3n) is 3.32.